The minimum atomic E-state index is -4.98. The normalized spacial score (nSPS) is 14.5. The molecule has 0 heterocycles. The number of unbranched alkanes of at least 4 members (excludes halogenated alkanes) is 28. The average Bonchev–Trinajstić information content (AvgIpc) is 1.17. The van der Waals surface area contributed by atoms with Crippen LogP contribution in [0.5, 0.6) is 0 Å². The Morgan fingerprint density at radius 2 is 0.542 bits per heavy atom. The summed E-state index contributed by atoms with van der Waals surface area (Å²) in [6, 6.07) is 0. The number of carbonyl (C=O) groups is 4. The highest BCUT2D eigenvalue weighted by atomic mass is 31.2. The lowest BCUT2D eigenvalue weighted by molar-refractivity contribution is -0.161. The lowest BCUT2D eigenvalue weighted by atomic mass is 10.1. The Morgan fingerprint density at radius 3 is 0.854 bits per heavy atom. The molecule has 0 aliphatic carbocycles. The van der Waals surface area contributed by atoms with E-state index in [1.165, 1.54) is 64.2 Å². The Balaban J connectivity index is 5.34. The summed E-state index contributed by atoms with van der Waals surface area (Å²) in [5.41, 5.74) is 0. The first-order valence-corrected chi connectivity index (χ1v) is 40.5. The van der Waals surface area contributed by atoms with Crippen LogP contribution in [-0.4, -0.2) is 96.7 Å². The highest BCUT2D eigenvalue weighted by Crippen LogP contribution is 2.45. The second kappa shape index (κ2) is 69.5. The molecule has 0 bridgehead atoms. The molecule has 0 aromatic rings. The molecule has 5 unspecified atom stereocenters. The zero-order valence-electron chi connectivity index (χ0n) is 60.3. The van der Waals surface area contributed by atoms with Crippen molar-refractivity contribution in [2.75, 3.05) is 39.6 Å². The topological polar surface area (TPSA) is 237 Å². The zero-order chi connectivity index (χ0) is 70.4. The van der Waals surface area contributed by atoms with Crippen molar-refractivity contribution >= 4 is 39.5 Å². The van der Waals surface area contributed by atoms with Gasteiger partial charge in [-0.3, -0.25) is 37.3 Å². The van der Waals surface area contributed by atoms with Gasteiger partial charge in [0.1, 0.15) is 19.3 Å². The predicted molar refractivity (Wildman–Crippen MR) is 390 cm³/mol. The number of rotatable bonds is 70. The van der Waals surface area contributed by atoms with Crippen LogP contribution in [0.2, 0.25) is 0 Å². The highest BCUT2D eigenvalue weighted by molar-refractivity contribution is 7.47. The first-order valence-electron chi connectivity index (χ1n) is 37.5. The Labute approximate surface area is 582 Å². The Kier molecular flexibility index (Phi) is 66.6. The first-order chi connectivity index (χ1) is 46.7. The van der Waals surface area contributed by atoms with Crippen molar-refractivity contribution in [3.8, 4) is 0 Å². The molecule has 554 valence electrons. The SMILES string of the molecule is CC/C=C\C/C=C\C/C=C\C/C=C\CCCCCCC(=O)OCC(COP(=O)(O)OCC(O)COP(=O)(O)OCC(COC(=O)CCCCCCC/C=C\C/C=C\C/C=C\CC)OC(=O)CCCCCCCCCCCCC)OC(=O)CCCCCCC/C=C\CCCCCC. The van der Waals surface area contributed by atoms with Crippen molar-refractivity contribution in [3.63, 3.8) is 0 Å². The summed E-state index contributed by atoms with van der Waals surface area (Å²) in [5.74, 6) is -2.22. The predicted octanol–water partition coefficient (Wildman–Crippen LogP) is 21.2. The van der Waals surface area contributed by atoms with E-state index < -0.39 is 97.5 Å². The van der Waals surface area contributed by atoms with E-state index in [0.29, 0.717) is 25.7 Å². The molecule has 3 N–H and O–H groups in total. The summed E-state index contributed by atoms with van der Waals surface area (Å²) in [6.07, 6.45) is 71.2. The van der Waals surface area contributed by atoms with Crippen molar-refractivity contribution in [2.45, 2.75) is 329 Å². The van der Waals surface area contributed by atoms with Crippen LogP contribution in [0.1, 0.15) is 310 Å². The molecule has 0 saturated carbocycles. The molecule has 19 heteroatoms. The molecule has 0 aliphatic rings. The van der Waals surface area contributed by atoms with E-state index in [4.69, 9.17) is 37.0 Å². The molecule has 0 amide bonds. The van der Waals surface area contributed by atoms with Gasteiger partial charge in [0.05, 0.1) is 26.4 Å². The molecule has 0 saturated heterocycles. The molecule has 0 spiro atoms. The number of ether oxygens (including phenoxy) is 4. The van der Waals surface area contributed by atoms with Crippen LogP contribution in [0.15, 0.2) is 97.2 Å². The summed E-state index contributed by atoms with van der Waals surface area (Å²) in [6.45, 7) is 4.58. The van der Waals surface area contributed by atoms with Gasteiger partial charge in [0.2, 0.25) is 0 Å². The fraction of sp³-hybridized carbons (Fsp3) is 0.740. The maximum atomic E-state index is 13.1. The molecule has 0 fully saturated rings. The summed E-state index contributed by atoms with van der Waals surface area (Å²) >= 11 is 0. The van der Waals surface area contributed by atoms with Gasteiger partial charge in [0, 0.05) is 25.7 Å². The molecular formula is C77H134O17P2. The average molecular weight is 1390 g/mol. The summed E-state index contributed by atoms with van der Waals surface area (Å²) in [4.78, 5) is 72.7. The van der Waals surface area contributed by atoms with Gasteiger partial charge in [0.25, 0.3) is 0 Å². The number of allylic oxidation sites excluding steroid dienone is 16. The zero-order valence-corrected chi connectivity index (χ0v) is 62.1. The van der Waals surface area contributed by atoms with E-state index in [1.807, 2.05) is 0 Å². The largest absolute Gasteiger partial charge is 0.472 e. The number of phosphoric ester groups is 2. The fourth-order valence-corrected chi connectivity index (χ4v) is 11.4. The maximum Gasteiger partial charge on any atom is 0.472 e. The van der Waals surface area contributed by atoms with Crippen LogP contribution in [0.25, 0.3) is 0 Å². The third kappa shape index (κ3) is 68.5. The lowest BCUT2D eigenvalue weighted by Gasteiger charge is -2.21. The van der Waals surface area contributed by atoms with Crippen molar-refractivity contribution in [1.82, 2.24) is 0 Å². The standard InChI is InChI=1S/C77H134O17P2/c1-5-9-13-17-21-25-29-32-34-35-37-40-43-46-50-54-58-62-75(80)88-68-73(94-77(82)64-60-56-52-48-44-38-31-27-23-19-15-11-7-3)70-92-96(85,86)90-66-71(78)65-89-95(83,84)91-69-72(93-76(81)63-59-55-51-47-41-28-24-20-16-12-8-4)67-87-74(79)61-57-53-49-45-42-39-36-33-30-26-22-18-14-10-6-2/h9-10,13-14,21-22,25-27,31-34,36-37,40,71-73,78H,5-8,11-12,15-20,23-24,28-30,35,38-39,41-70H2,1-4H3,(H,83,84)(H,85,86)/b13-9-,14-10-,25-21-,26-22-,31-27-,34-32-,36-33-,40-37-. The van der Waals surface area contributed by atoms with E-state index in [9.17, 15) is 43.2 Å². The van der Waals surface area contributed by atoms with E-state index in [1.54, 1.807) is 0 Å². The summed E-state index contributed by atoms with van der Waals surface area (Å²) in [5, 5.41) is 10.6. The third-order valence-electron chi connectivity index (χ3n) is 15.5. The van der Waals surface area contributed by atoms with Gasteiger partial charge in [-0.15, -0.1) is 0 Å². The molecule has 17 nitrogen and oxygen atoms in total. The van der Waals surface area contributed by atoms with Gasteiger partial charge < -0.3 is 33.8 Å². The Hall–Kier alpha value is -4.02. The molecule has 96 heavy (non-hydrogen) atoms. The Morgan fingerprint density at radius 1 is 0.302 bits per heavy atom. The minimum Gasteiger partial charge on any atom is -0.462 e. The van der Waals surface area contributed by atoms with Gasteiger partial charge in [0.15, 0.2) is 12.2 Å². The second-order valence-electron chi connectivity index (χ2n) is 24.8. The number of carbonyl (C=O) groups excluding carboxylic acids is 4. The smallest absolute Gasteiger partial charge is 0.462 e. The second-order valence-corrected chi connectivity index (χ2v) is 27.7. The van der Waals surface area contributed by atoms with Gasteiger partial charge in [-0.1, -0.05) is 260 Å². The van der Waals surface area contributed by atoms with E-state index in [-0.39, 0.29) is 25.7 Å². The molecular weight excluding hydrogens is 1260 g/mol. The van der Waals surface area contributed by atoms with Crippen molar-refractivity contribution in [2.24, 2.45) is 0 Å². The molecule has 0 radical (unpaired) electrons. The Bertz CT molecular complexity index is 2200. The molecule has 0 rings (SSSR count). The first kappa shape index (κ1) is 92.0. The van der Waals surface area contributed by atoms with Crippen LogP contribution in [-0.2, 0) is 65.4 Å². The van der Waals surface area contributed by atoms with E-state index in [2.05, 4.69) is 125 Å². The summed E-state index contributed by atoms with van der Waals surface area (Å²) < 4.78 is 68.4. The van der Waals surface area contributed by atoms with Crippen molar-refractivity contribution in [1.29, 1.82) is 0 Å². The lowest BCUT2D eigenvalue weighted by Crippen LogP contribution is -2.30. The summed E-state index contributed by atoms with van der Waals surface area (Å²) in [7, 11) is -9.95. The number of esters is 4. The van der Waals surface area contributed by atoms with Crippen LogP contribution in [0.4, 0.5) is 0 Å². The highest BCUT2D eigenvalue weighted by Gasteiger charge is 2.30. The van der Waals surface area contributed by atoms with Crippen LogP contribution < -0.4 is 0 Å². The number of aliphatic hydroxyl groups is 1. The van der Waals surface area contributed by atoms with Crippen molar-refractivity contribution < 1.29 is 80.2 Å². The number of hydrogen-bond acceptors (Lipinski definition) is 15. The third-order valence-corrected chi connectivity index (χ3v) is 17.4. The molecule has 0 aliphatic heterocycles. The van der Waals surface area contributed by atoms with Crippen LogP contribution in [0, 0.1) is 0 Å². The number of phosphoric acid groups is 2. The van der Waals surface area contributed by atoms with Crippen molar-refractivity contribution in [3.05, 3.63) is 97.2 Å². The van der Waals surface area contributed by atoms with Gasteiger partial charge in [-0.25, -0.2) is 9.13 Å². The monoisotopic (exact) mass is 1390 g/mol. The van der Waals surface area contributed by atoms with E-state index >= 15 is 0 Å². The fourth-order valence-electron chi connectivity index (χ4n) is 9.87. The molecule has 5 atom stereocenters. The molecule has 0 aromatic carbocycles. The van der Waals surface area contributed by atoms with Crippen LogP contribution >= 0.6 is 15.6 Å². The quantitative estimate of drug-likeness (QED) is 0.0169. The van der Waals surface area contributed by atoms with E-state index in [0.717, 1.165) is 167 Å². The number of hydrogen-bond donors (Lipinski definition) is 3. The van der Waals surface area contributed by atoms with Gasteiger partial charge in [-0.2, -0.15) is 0 Å². The van der Waals surface area contributed by atoms with Gasteiger partial charge in [-0.05, 0) is 122 Å². The van der Waals surface area contributed by atoms with Crippen LogP contribution in [0.3, 0.4) is 0 Å². The van der Waals surface area contributed by atoms with Gasteiger partial charge >= 0.3 is 39.5 Å². The minimum absolute atomic E-state index is 0.0793. The number of aliphatic hydroxyl groups excluding tert-OH is 1. The maximum absolute atomic E-state index is 13.1. The molecule has 0 aromatic heterocycles.